The average molecular weight is 285 g/mol. The Bertz CT molecular complexity index is 371. The quantitative estimate of drug-likeness (QED) is 0.743. The fourth-order valence-corrected chi connectivity index (χ4v) is 2.25. The first-order valence-electron chi connectivity index (χ1n) is 7.04. The van der Waals surface area contributed by atoms with Gasteiger partial charge in [0, 0.05) is 20.1 Å². The Kier molecular flexibility index (Phi) is 5.53. The third-order valence-corrected chi connectivity index (χ3v) is 3.79. The summed E-state index contributed by atoms with van der Waals surface area (Å²) in [5.41, 5.74) is 5.18. The molecule has 0 aromatic heterocycles. The van der Waals surface area contributed by atoms with Gasteiger partial charge in [-0.2, -0.15) is 0 Å². The van der Waals surface area contributed by atoms with Gasteiger partial charge in [-0.25, -0.2) is 0 Å². The smallest absolute Gasteiger partial charge is 0.244 e. The Balaban J connectivity index is 2.79. The van der Waals surface area contributed by atoms with E-state index in [1.54, 1.807) is 21.0 Å². The zero-order valence-electron chi connectivity index (χ0n) is 13.1. The van der Waals surface area contributed by atoms with Gasteiger partial charge in [0.2, 0.25) is 11.8 Å². The van der Waals surface area contributed by atoms with E-state index in [1.165, 1.54) is 4.90 Å². The largest absolute Gasteiger partial charge is 0.379 e. The van der Waals surface area contributed by atoms with Crippen molar-refractivity contribution < 1.29 is 14.3 Å². The molecule has 0 spiro atoms. The number of hydrogen-bond donors (Lipinski definition) is 2. The molecule has 1 aliphatic heterocycles. The van der Waals surface area contributed by atoms with Crippen LogP contribution < -0.4 is 11.1 Å². The first-order valence-corrected chi connectivity index (χ1v) is 7.04. The van der Waals surface area contributed by atoms with Crippen LogP contribution in [-0.2, 0) is 14.3 Å². The normalized spacial score (nSPS) is 27.4. The maximum atomic E-state index is 12.5. The van der Waals surface area contributed by atoms with Gasteiger partial charge in [0.25, 0.3) is 0 Å². The van der Waals surface area contributed by atoms with Crippen LogP contribution in [0.1, 0.15) is 27.2 Å². The summed E-state index contributed by atoms with van der Waals surface area (Å²) in [6.07, 6.45) is 0.606. The van der Waals surface area contributed by atoms with E-state index in [9.17, 15) is 9.59 Å². The number of carbonyl (C=O) groups is 2. The van der Waals surface area contributed by atoms with Crippen molar-refractivity contribution in [1.29, 1.82) is 0 Å². The molecular formula is C14H27N3O3. The first kappa shape index (κ1) is 16.9. The lowest BCUT2D eigenvalue weighted by Gasteiger charge is -2.30. The number of likely N-dealkylation sites (N-methyl/N-ethyl adjacent to an activating group) is 1. The molecule has 1 saturated heterocycles. The third kappa shape index (κ3) is 3.70. The maximum absolute atomic E-state index is 12.5. The fourth-order valence-electron chi connectivity index (χ4n) is 2.25. The van der Waals surface area contributed by atoms with Gasteiger partial charge in [-0.05, 0) is 19.3 Å². The second kappa shape index (κ2) is 6.54. The molecule has 1 heterocycles. The molecule has 3 N–H and O–H groups in total. The van der Waals surface area contributed by atoms with Gasteiger partial charge >= 0.3 is 0 Å². The van der Waals surface area contributed by atoms with Crippen LogP contribution in [0.3, 0.4) is 0 Å². The van der Waals surface area contributed by atoms with Gasteiger partial charge in [0.05, 0.1) is 18.6 Å². The number of hydrogen-bond acceptors (Lipinski definition) is 4. The molecule has 1 aliphatic rings. The highest BCUT2D eigenvalue weighted by Crippen LogP contribution is 2.27. The van der Waals surface area contributed by atoms with Crippen molar-refractivity contribution in [3.8, 4) is 0 Å². The number of ether oxygens (including phenoxy) is 1. The molecule has 1 fully saturated rings. The highest BCUT2D eigenvalue weighted by molar-refractivity contribution is 5.90. The van der Waals surface area contributed by atoms with Crippen molar-refractivity contribution in [2.45, 2.75) is 39.3 Å². The second-order valence-electron chi connectivity index (χ2n) is 6.43. The SMILES string of the molecule is CC(C)CC(NC(=O)C1(C)COCC1N)C(=O)N(C)C. The standard InChI is InChI=1S/C14H27N3O3/c1-9(2)6-10(12(18)17(4)5)16-13(19)14(3)8-20-7-11(14)15/h9-11H,6-8,15H2,1-5H3,(H,16,19). The van der Waals surface area contributed by atoms with Gasteiger partial charge in [0.15, 0.2) is 0 Å². The summed E-state index contributed by atoms with van der Waals surface area (Å²) in [7, 11) is 3.38. The molecule has 0 radical (unpaired) electrons. The predicted molar refractivity (Wildman–Crippen MR) is 77.0 cm³/mol. The Morgan fingerprint density at radius 1 is 1.45 bits per heavy atom. The molecule has 3 atom stereocenters. The molecule has 1 rings (SSSR count). The van der Waals surface area contributed by atoms with Crippen LogP contribution in [-0.4, -0.2) is 56.1 Å². The summed E-state index contributed by atoms with van der Waals surface area (Å²) in [5, 5.41) is 2.85. The predicted octanol–water partition coefficient (Wildman–Crippen LogP) is -0.0307. The molecule has 0 aromatic carbocycles. The van der Waals surface area contributed by atoms with Gasteiger partial charge in [-0.15, -0.1) is 0 Å². The molecule has 0 bridgehead atoms. The Hall–Kier alpha value is -1.14. The van der Waals surface area contributed by atoms with E-state index in [0.29, 0.717) is 25.6 Å². The van der Waals surface area contributed by atoms with E-state index in [0.717, 1.165) is 0 Å². The van der Waals surface area contributed by atoms with Crippen LogP contribution >= 0.6 is 0 Å². The molecule has 2 amide bonds. The van der Waals surface area contributed by atoms with Crippen LogP contribution in [0.5, 0.6) is 0 Å². The van der Waals surface area contributed by atoms with E-state index < -0.39 is 11.5 Å². The summed E-state index contributed by atoms with van der Waals surface area (Å²) in [6, 6.07) is -0.848. The molecule has 0 aromatic rings. The monoisotopic (exact) mass is 285 g/mol. The third-order valence-electron chi connectivity index (χ3n) is 3.79. The van der Waals surface area contributed by atoms with Crippen molar-refractivity contribution in [2.24, 2.45) is 17.1 Å². The van der Waals surface area contributed by atoms with Gasteiger partial charge < -0.3 is 20.7 Å². The second-order valence-corrected chi connectivity index (χ2v) is 6.43. The van der Waals surface area contributed by atoms with E-state index in [-0.39, 0.29) is 17.9 Å². The lowest BCUT2D eigenvalue weighted by molar-refractivity contribution is -0.138. The number of amides is 2. The van der Waals surface area contributed by atoms with Crippen LogP contribution in [0, 0.1) is 11.3 Å². The zero-order valence-corrected chi connectivity index (χ0v) is 13.1. The van der Waals surface area contributed by atoms with Crippen molar-refractivity contribution in [1.82, 2.24) is 10.2 Å². The summed E-state index contributed by atoms with van der Waals surface area (Å²) >= 11 is 0. The Labute approximate surface area is 121 Å². The lowest BCUT2D eigenvalue weighted by atomic mass is 9.84. The van der Waals surface area contributed by atoms with E-state index >= 15 is 0 Å². The highest BCUT2D eigenvalue weighted by Gasteiger charge is 2.45. The molecule has 116 valence electrons. The van der Waals surface area contributed by atoms with Crippen molar-refractivity contribution in [3.63, 3.8) is 0 Å². The van der Waals surface area contributed by atoms with Crippen molar-refractivity contribution >= 4 is 11.8 Å². The molecule has 0 saturated carbocycles. The first-order chi connectivity index (χ1) is 9.18. The average Bonchev–Trinajstić information content (AvgIpc) is 2.68. The lowest BCUT2D eigenvalue weighted by Crippen LogP contribution is -2.55. The fraction of sp³-hybridized carbons (Fsp3) is 0.857. The summed E-state index contributed by atoms with van der Waals surface area (Å²) in [6.45, 7) is 6.50. The van der Waals surface area contributed by atoms with Crippen LogP contribution in [0.25, 0.3) is 0 Å². The molecule has 6 heteroatoms. The minimum Gasteiger partial charge on any atom is -0.379 e. The van der Waals surface area contributed by atoms with Crippen LogP contribution in [0.15, 0.2) is 0 Å². The maximum Gasteiger partial charge on any atom is 0.244 e. The van der Waals surface area contributed by atoms with Crippen LogP contribution in [0.2, 0.25) is 0 Å². The Morgan fingerprint density at radius 3 is 2.45 bits per heavy atom. The highest BCUT2D eigenvalue weighted by atomic mass is 16.5. The summed E-state index contributed by atoms with van der Waals surface area (Å²) in [5.74, 6) is 0.0111. The van der Waals surface area contributed by atoms with Crippen LogP contribution in [0.4, 0.5) is 0 Å². The van der Waals surface area contributed by atoms with Crippen molar-refractivity contribution in [2.75, 3.05) is 27.3 Å². The number of nitrogens with one attached hydrogen (secondary N) is 1. The molecular weight excluding hydrogens is 258 g/mol. The van der Waals surface area contributed by atoms with Crippen molar-refractivity contribution in [3.05, 3.63) is 0 Å². The zero-order chi connectivity index (χ0) is 15.5. The number of rotatable bonds is 5. The van der Waals surface area contributed by atoms with Gasteiger partial charge in [-0.3, -0.25) is 9.59 Å². The number of nitrogens with zero attached hydrogens (tertiary/aromatic N) is 1. The van der Waals surface area contributed by atoms with Gasteiger partial charge in [-0.1, -0.05) is 13.8 Å². The van der Waals surface area contributed by atoms with E-state index in [4.69, 9.17) is 10.5 Å². The molecule has 20 heavy (non-hydrogen) atoms. The van der Waals surface area contributed by atoms with Gasteiger partial charge in [0.1, 0.15) is 6.04 Å². The molecule has 0 aliphatic carbocycles. The molecule has 6 nitrogen and oxygen atoms in total. The summed E-state index contributed by atoms with van der Waals surface area (Å²) < 4.78 is 5.28. The van der Waals surface area contributed by atoms with E-state index in [2.05, 4.69) is 5.32 Å². The van der Waals surface area contributed by atoms with E-state index in [1.807, 2.05) is 13.8 Å². The Morgan fingerprint density at radius 2 is 2.05 bits per heavy atom. The summed E-state index contributed by atoms with van der Waals surface area (Å²) in [4.78, 5) is 26.1. The minimum atomic E-state index is -0.762. The number of nitrogens with two attached hydrogens (primary N) is 1. The number of carbonyl (C=O) groups excluding carboxylic acids is 2. The molecule has 3 unspecified atom stereocenters. The topological polar surface area (TPSA) is 84.7 Å². The minimum absolute atomic E-state index is 0.0943.